The maximum atomic E-state index is 13.3. The number of halogens is 1. The minimum Gasteiger partial charge on any atom is -0.376 e. The molecule has 0 spiro atoms. The first kappa shape index (κ1) is 16.8. The average Bonchev–Trinajstić information content (AvgIpc) is 2.89. The van der Waals surface area contributed by atoms with Gasteiger partial charge in [0.15, 0.2) is 0 Å². The molecule has 2 saturated heterocycles. The van der Waals surface area contributed by atoms with E-state index >= 15 is 0 Å². The molecule has 2 fully saturated rings. The number of sulfonamides is 1. The number of hydrogen-bond acceptors (Lipinski definition) is 4. The van der Waals surface area contributed by atoms with Crippen LogP contribution in [0.3, 0.4) is 0 Å². The Labute approximate surface area is 137 Å². The van der Waals surface area contributed by atoms with Gasteiger partial charge in [0.05, 0.1) is 17.6 Å². The molecule has 3 atom stereocenters. The highest BCUT2D eigenvalue weighted by Gasteiger charge is 2.43. The molecule has 0 aromatic heterocycles. The van der Waals surface area contributed by atoms with Crippen LogP contribution in [0, 0.1) is 17.7 Å². The van der Waals surface area contributed by atoms with E-state index in [2.05, 4.69) is 4.90 Å². The maximum Gasteiger partial charge on any atom is 0.243 e. The first-order chi connectivity index (χ1) is 10.9. The van der Waals surface area contributed by atoms with Gasteiger partial charge in [-0.05, 0) is 44.6 Å². The Hall–Kier alpha value is -1.02. The summed E-state index contributed by atoms with van der Waals surface area (Å²) in [5.41, 5.74) is 0. The Kier molecular flexibility index (Phi) is 4.73. The lowest BCUT2D eigenvalue weighted by Crippen LogP contribution is -2.45. The number of nitrogens with zero attached hydrogens (tertiary/aromatic N) is 2. The first-order valence-corrected chi connectivity index (χ1v) is 9.34. The zero-order valence-electron chi connectivity index (χ0n) is 13.5. The third-order valence-electron chi connectivity index (χ3n) is 4.74. The Morgan fingerprint density at radius 1 is 1.39 bits per heavy atom. The van der Waals surface area contributed by atoms with E-state index in [4.69, 9.17) is 4.74 Å². The zero-order valence-corrected chi connectivity index (χ0v) is 14.3. The van der Waals surface area contributed by atoms with Crippen LogP contribution >= 0.6 is 0 Å². The quantitative estimate of drug-likeness (QED) is 0.830. The SMILES string of the molecule is CN(C)C[C@@H]1OC[C@H]2CN(S(=O)(=O)c3cccc(F)c3)CC[C@H]21. The minimum absolute atomic E-state index is 0.0275. The molecule has 0 amide bonds. The van der Waals surface area contributed by atoms with E-state index in [1.165, 1.54) is 22.5 Å². The van der Waals surface area contributed by atoms with Crippen LogP contribution in [0.1, 0.15) is 6.42 Å². The van der Waals surface area contributed by atoms with Gasteiger partial charge >= 0.3 is 0 Å². The summed E-state index contributed by atoms with van der Waals surface area (Å²) in [7, 11) is 0.392. The van der Waals surface area contributed by atoms with Crippen molar-refractivity contribution < 1.29 is 17.5 Å². The molecule has 1 aromatic rings. The summed E-state index contributed by atoms with van der Waals surface area (Å²) in [4.78, 5) is 2.13. The maximum absolute atomic E-state index is 13.3. The highest BCUT2D eigenvalue weighted by atomic mass is 32.2. The molecule has 2 aliphatic heterocycles. The van der Waals surface area contributed by atoms with Gasteiger partial charge in [0.25, 0.3) is 0 Å². The highest BCUT2D eigenvalue weighted by Crippen LogP contribution is 2.36. The smallest absolute Gasteiger partial charge is 0.243 e. The second kappa shape index (κ2) is 6.47. The Balaban J connectivity index is 1.73. The third-order valence-corrected chi connectivity index (χ3v) is 6.60. The molecule has 0 bridgehead atoms. The van der Waals surface area contributed by atoms with Crippen LogP contribution < -0.4 is 0 Å². The molecule has 7 heteroatoms. The fraction of sp³-hybridized carbons (Fsp3) is 0.625. The van der Waals surface area contributed by atoms with E-state index < -0.39 is 15.8 Å². The minimum atomic E-state index is -3.64. The van der Waals surface area contributed by atoms with Crippen molar-refractivity contribution in [2.24, 2.45) is 11.8 Å². The van der Waals surface area contributed by atoms with Crippen molar-refractivity contribution in [2.75, 3.05) is 40.3 Å². The topological polar surface area (TPSA) is 49.9 Å². The molecular weight excluding hydrogens is 319 g/mol. The van der Waals surface area contributed by atoms with E-state index in [1.807, 2.05) is 14.1 Å². The van der Waals surface area contributed by atoms with Crippen LogP contribution in [-0.4, -0.2) is 64.1 Å². The molecule has 0 unspecified atom stereocenters. The molecule has 23 heavy (non-hydrogen) atoms. The summed E-state index contributed by atoms with van der Waals surface area (Å²) in [6.45, 7) is 2.37. The van der Waals surface area contributed by atoms with Crippen LogP contribution in [0.5, 0.6) is 0 Å². The van der Waals surface area contributed by atoms with Crippen LogP contribution in [0.2, 0.25) is 0 Å². The number of piperidine rings is 1. The van der Waals surface area contributed by atoms with Crippen molar-refractivity contribution in [2.45, 2.75) is 17.4 Å². The number of benzene rings is 1. The van der Waals surface area contributed by atoms with Crippen LogP contribution in [0.4, 0.5) is 4.39 Å². The van der Waals surface area contributed by atoms with E-state index in [-0.39, 0.29) is 16.9 Å². The van der Waals surface area contributed by atoms with Gasteiger partial charge in [-0.1, -0.05) is 6.07 Å². The summed E-state index contributed by atoms with van der Waals surface area (Å²) >= 11 is 0. The molecule has 1 aromatic carbocycles. The van der Waals surface area contributed by atoms with Gasteiger partial charge in [0.2, 0.25) is 10.0 Å². The first-order valence-electron chi connectivity index (χ1n) is 7.90. The molecule has 3 rings (SSSR count). The Morgan fingerprint density at radius 2 is 2.17 bits per heavy atom. The summed E-state index contributed by atoms with van der Waals surface area (Å²) in [5, 5.41) is 0. The fourth-order valence-electron chi connectivity index (χ4n) is 3.60. The van der Waals surface area contributed by atoms with Crippen LogP contribution in [-0.2, 0) is 14.8 Å². The standard InChI is InChI=1S/C16H23FN2O3S/c1-18(2)10-16-15-6-7-19(9-12(15)11-22-16)23(20,21)14-5-3-4-13(17)8-14/h3-5,8,12,15-16H,6-7,9-11H2,1-2H3/t12-,15-,16+/m1/s1. The highest BCUT2D eigenvalue weighted by molar-refractivity contribution is 7.89. The van der Waals surface area contributed by atoms with E-state index in [9.17, 15) is 12.8 Å². The molecule has 128 valence electrons. The van der Waals surface area contributed by atoms with Gasteiger partial charge in [0.1, 0.15) is 5.82 Å². The summed E-state index contributed by atoms with van der Waals surface area (Å²) in [5.74, 6) is 0.0876. The lowest BCUT2D eigenvalue weighted by atomic mass is 9.85. The van der Waals surface area contributed by atoms with Crippen molar-refractivity contribution in [3.05, 3.63) is 30.1 Å². The van der Waals surface area contributed by atoms with E-state index in [0.29, 0.717) is 25.6 Å². The molecule has 0 aliphatic carbocycles. The number of ether oxygens (including phenoxy) is 1. The van der Waals surface area contributed by atoms with Gasteiger partial charge in [-0.25, -0.2) is 12.8 Å². The predicted octanol–water partition coefficient (Wildman–Crippen LogP) is 1.41. The second-order valence-corrected chi connectivity index (χ2v) is 8.61. The van der Waals surface area contributed by atoms with E-state index in [1.54, 1.807) is 0 Å². The number of rotatable bonds is 4. The second-order valence-electron chi connectivity index (χ2n) is 6.67. The van der Waals surface area contributed by atoms with Crippen molar-refractivity contribution in [3.8, 4) is 0 Å². The summed E-state index contributed by atoms with van der Waals surface area (Å²) in [6.07, 6.45) is 0.964. The van der Waals surface area contributed by atoms with Gasteiger partial charge in [-0.15, -0.1) is 0 Å². The van der Waals surface area contributed by atoms with Crippen molar-refractivity contribution in [3.63, 3.8) is 0 Å². The number of hydrogen-bond donors (Lipinski definition) is 0. The largest absolute Gasteiger partial charge is 0.376 e. The summed E-state index contributed by atoms with van der Waals surface area (Å²) < 4.78 is 46.1. The van der Waals surface area contributed by atoms with Crippen molar-refractivity contribution in [1.29, 1.82) is 0 Å². The molecule has 2 heterocycles. The van der Waals surface area contributed by atoms with Gasteiger partial charge in [-0.3, -0.25) is 0 Å². The number of likely N-dealkylation sites (N-methyl/N-ethyl adjacent to an activating group) is 1. The normalized spacial score (nSPS) is 29.0. The van der Waals surface area contributed by atoms with Gasteiger partial charge < -0.3 is 9.64 Å². The monoisotopic (exact) mass is 342 g/mol. The third kappa shape index (κ3) is 3.42. The number of fused-ring (bicyclic) bond motifs is 1. The zero-order chi connectivity index (χ0) is 16.6. The predicted molar refractivity (Wildman–Crippen MR) is 85.0 cm³/mol. The van der Waals surface area contributed by atoms with E-state index in [0.717, 1.165) is 19.0 Å². The van der Waals surface area contributed by atoms with Crippen LogP contribution in [0.15, 0.2) is 29.2 Å². The summed E-state index contributed by atoms with van der Waals surface area (Å²) in [6, 6.07) is 5.22. The van der Waals surface area contributed by atoms with Crippen LogP contribution in [0.25, 0.3) is 0 Å². The van der Waals surface area contributed by atoms with Gasteiger partial charge in [0, 0.05) is 25.6 Å². The fourth-order valence-corrected chi connectivity index (χ4v) is 5.14. The van der Waals surface area contributed by atoms with Crippen molar-refractivity contribution >= 4 is 10.0 Å². The lowest BCUT2D eigenvalue weighted by Gasteiger charge is -2.35. The molecular formula is C16H23FN2O3S. The van der Waals surface area contributed by atoms with Crippen molar-refractivity contribution in [1.82, 2.24) is 9.21 Å². The Bertz CT molecular complexity index is 665. The lowest BCUT2D eigenvalue weighted by molar-refractivity contribution is 0.0653. The molecule has 2 aliphatic rings. The molecule has 0 saturated carbocycles. The molecule has 0 radical (unpaired) electrons. The molecule has 0 N–H and O–H groups in total. The Morgan fingerprint density at radius 3 is 2.87 bits per heavy atom. The van der Waals surface area contributed by atoms with Gasteiger partial charge in [-0.2, -0.15) is 4.31 Å². The average molecular weight is 342 g/mol. The molecule has 5 nitrogen and oxygen atoms in total.